The van der Waals surface area contributed by atoms with Gasteiger partial charge in [-0.1, -0.05) is 46.7 Å². The number of amides is 1. The molecule has 0 saturated carbocycles. The molecular formula is C13H16N2O2S. The summed E-state index contributed by atoms with van der Waals surface area (Å²) in [7, 11) is 1.46. The summed E-state index contributed by atoms with van der Waals surface area (Å²) in [6.45, 7) is 3.43. The summed E-state index contributed by atoms with van der Waals surface area (Å²) in [5.74, 6) is 0.813. The van der Waals surface area contributed by atoms with Crippen molar-refractivity contribution < 1.29 is 9.63 Å². The van der Waals surface area contributed by atoms with Crippen LogP contribution in [0.3, 0.4) is 0 Å². The van der Waals surface area contributed by atoms with Crippen LogP contribution in [0, 0.1) is 6.92 Å². The molecule has 0 radical (unpaired) electrons. The van der Waals surface area contributed by atoms with E-state index in [4.69, 9.17) is 0 Å². The molecule has 1 aromatic carbocycles. The maximum Gasteiger partial charge on any atom is 0.282 e. The number of rotatable bonds is 3. The second kappa shape index (κ2) is 5.91. The fraction of sp³-hybridized carbons (Fsp3) is 0.385. The van der Waals surface area contributed by atoms with E-state index in [-0.39, 0.29) is 5.91 Å². The maximum atomic E-state index is 12.1. The minimum absolute atomic E-state index is 0.0475. The van der Waals surface area contributed by atoms with E-state index in [0.29, 0.717) is 11.6 Å². The number of hydrogen-bond donors (Lipinski definition) is 0. The lowest BCUT2D eigenvalue weighted by Crippen LogP contribution is -2.40. The van der Waals surface area contributed by atoms with E-state index < -0.39 is 0 Å². The molecule has 0 bridgehead atoms. The Bertz CT molecular complexity index is 457. The Morgan fingerprint density at radius 3 is 2.78 bits per heavy atom. The van der Waals surface area contributed by atoms with E-state index in [1.165, 1.54) is 24.4 Å². The molecule has 4 nitrogen and oxygen atoms in total. The zero-order chi connectivity index (χ0) is 13.0. The monoisotopic (exact) mass is 264 g/mol. The molecule has 1 aliphatic heterocycles. The van der Waals surface area contributed by atoms with Gasteiger partial charge in [-0.3, -0.25) is 4.79 Å². The molecule has 1 fully saturated rings. The highest BCUT2D eigenvalue weighted by molar-refractivity contribution is 8.15. The highest BCUT2D eigenvalue weighted by atomic mass is 32.2. The minimum Gasteiger partial charge on any atom is -0.398 e. The molecular weight excluding hydrogens is 248 g/mol. The van der Waals surface area contributed by atoms with Crippen LogP contribution in [0.4, 0.5) is 0 Å². The second-order valence-corrected chi connectivity index (χ2v) is 5.22. The van der Waals surface area contributed by atoms with Gasteiger partial charge in [-0.05, 0) is 12.5 Å². The molecule has 0 aromatic heterocycles. The molecule has 96 valence electrons. The van der Waals surface area contributed by atoms with Gasteiger partial charge in [0.1, 0.15) is 7.11 Å². The number of oxime groups is 1. The predicted molar refractivity (Wildman–Crippen MR) is 73.5 cm³/mol. The minimum atomic E-state index is -0.0475. The van der Waals surface area contributed by atoms with E-state index in [0.717, 1.165) is 17.9 Å². The molecule has 1 aromatic rings. The van der Waals surface area contributed by atoms with Gasteiger partial charge in [0.15, 0.2) is 0 Å². The molecule has 0 aliphatic carbocycles. The van der Waals surface area contributed by atoms with Crippen molar-refractivity contribution in [1.29, 1.82) is 0 Å². The third-order valence-corrected chi connectivity index (χ3v) is 3.65. The van der Waals surface area contributed by atoms with Crippen LogP contribution in [-0.2, 0) is 16.2 Å². The molecule has 18 heavy (non-hydrogen) atoms. The van der Waals surface area contributed by atoms with Crippen LogP contribution in [0.25, 0.3) is 0 Å². The Morgan fingerprint density at radius 1 is 1.39 bits per heavy atom. The molecule has 0 spiro atoms. The van der Waals surface area contributed by atoms with Crippen LogP contribution in [0.5, 0.6) is 0 Å². The van der Waals surface area contributed by atoms with Gasteiger partial charge in [0.2, 0.25) is 5.04 Å². The number of benzene rings is 1. The third-order valence-electron chi connectivity index (χ3n) is 2.74. The van der Waals surface area contributed by atoms with Gasteiger partial charge in [-0.2, -0.15) is 0 Å². The van der Waals surface area contributed by atoms with Crippen LogP contribution >= 0.6 is 11.8 Å². The van der Waals surface area contributed by atoms with Crippen molar-refractivity contribution in [3.63, 3.8) is 0 Å². The van der Waals surface area contributed by atoms with Crippen molar-refractivity contribution >= 4 is 22.7 Å². The van der Waals surface area contributed by atoms with Crippen LogP contribution in [-0.4, -0.2) is 35.3 Å². The summed E-state index contributed by atoms with van der Waals surface area (Å²) in [5, 5.41) is 4.20. The smallest absolute Gasteiger partial charge is 0.282 e. The molecule has 1 amide bonds. The van der Waals surface area contributed by atoms with Crippen LogP contribution in [0.15, 0.2) is 29.4 Å². The zero-order valence-electron chi connectivity index (χ0n) is 10.5. The van der Waals surface area contributed by atoms with E-state index in [2.05, 4.69) is 41.2 Å². The molecule has 1 aliphatic rings. The standard InChI is InChI=1S/C13H16N2O2S/c1-10-3-5-11(6-4-10)9-15-7-8-18-12(13(15)16)14-17-2/h3-6H,7-9H2,1-2H3. The first-order valence-corrected chi connectivity index (χ1v) is 6.78. The quantitative estimate of drug-likeness (QED) is 0.784. The normalized spacial score (nSPS) is 18.2. The lowest BCUT2D eigenvalue weighted by atomic mass is 10.1. The van der Waals surface area contributed by atoms with E-state index in [1.807, 2.05) is 0 Å². The van der Waals surface area contributed by atoms with Crippen LogP contribution in [0.1, 0.15) is 11.1 Å². The van der Waals surface area contributed by atoms with Crippen molar-refractivity contribution in [2.24, 2.45) is 5.16 Å². The van der Waals surface area contributed by atoms with Gasteiger partial charge in [-0.25, -0.2) is 0 Å². The second-order valence-electron chi connectivity index (χ2n) is 4.14. The van der Waals surface area contributed by atoms with Crippen molar-refractivity contribution in [3.8, 4) is 0 Å². The Kier molecular flexibility index (Phi) is 4.25. The van der Waals surface area contributed by atoms with Crippen LogP contribution < -0.4 is 0 Å². The van der Waals surface area contributed by atoms with Crippen molar-refractivity contribution in [2.75, 3.05) is 19.4 Å². The fourth-order valence-electron chi connectivity index (χ4n) is 1.76. The summed E-state index contributed by atoms with van der Waals surface area (Å²) < 4.78 is 0. The molecule has 1 heterocycles. The first kappa shape index (κ1) is 13.0. The third kappa shape index (κ3) is 3.04. The summed E-state index contributed by atoms with van der Waals surface area (Å²) >= 11 is 1.45. The lowest BCUT2D eigenvalue weighted by molar-refractivity contribution is -0.124. The van der Waals surface area contributed by atoms with Crippen molar-refractivity contribution in [3.05, 3.63) is 35.4 Å². The molecule has 1 saturated heterocycles. The molecule has 0 N–H and O–H groups in total. The number of nitrogens with zero attached hydrogens (tertiary/aromatic N) is 2. The Morgan fingerprint density at radius 2 is 2.11 bits per heavy atom. The zero-order valence-corrected chi connectivity index (χ0v) is 11.4. The van der Waals surface area contributed by atoms with E-state index in [9.17, 15) is 4.79 Å². The van der Waals surface area contributed by atoms with Gasteiger partial charge in [0.25, 0.3) is 5.91 Å². The Hall–Kier alpha value is -1.49. The molecule has 0 atom stereocenters. The topological polar surface area (TPSA) is 41.9 Å². The number of hydrogen-bond acceptors (Lipinski definition) is 4. The molecule has 0 unspecified atom stereocenters. The Labute approximate surface area is 111 Å². The lowest BCUT2D eigenvalue weighted by Gasteiger charge is -2.26. The number of carbonyl (C=O) groups excluding carboxylic acids is 1. The average molecular weight is 264 g/mol. The summed E-state index contributed by atoms with van der Waals surface area (Å²) in [6.07, 6.45) is 0. The fourth-order valence-corrected chi connectivity index (χ4v) is 2.65. The van der Waals surface area contributed by atoms with Gasteiger partial charge >= 0.3 is 0 Å². The van der Waals surface area contributed by atoms with E-state index in [1.54, 1.807) is 4.90 Å². The Balaban J connectivity index is 2.07. The summed E-state index contributed by atoms with van der Waals surface area (Å²) in [5.41, 5.74) is 2.36. The average Bonchev–Trinajstić information content (AvgIpc) is 2.37. The number of carbonyl (C=O) groups is 1. The van der Waals surface area contributed by atoms with Gasteiger partial charge in [0, 0.05) is 18.8 Å². The van der Waals surface area contributed by atoms with Gasteiger partial charge in [0.05, 0.1) is 0 Å². The first-order valence-electron chi connectivity index (χ1n) is 5.79. The highest BCUT2D eigenvalue weighted by Gasteiger charge is 2.26. The van der Waals surface area contributed by atoms with Gasteiger partial charge in [-0.15, -0.1) is 0 Å². The predicted octanol–water partition coefficient (Wildman–Crippen LogP) is 2.03. The van der Waals surface area contributed by atoms with E-state index >= 15 is 0 Å². The summed E-state index contributed by atoms with van der Waals surface area (Å²) in [6, 6.07) is 8.22. The van der Waals surface area contributed by atoms with Crippen molar-refractivity contribution in [2.45, 2.75) is 13.5 Å². The number of aryl methyl sites for hydroxylation is 1. The largest absolute Gasteiger partial charge is 0.398 e. The van der Waals surface area contributed by atoms with Crippen LogP contribution in [0.2, 0.25) is 0 Å². The summed E-state index contributed by atoms with van der Waals surface area (Å²) in [4.78, 5) is 18.6. The maximum absolute atomic E-state index is 12.1. The first-order chi connectivity index (χ1) is 8.70. The highest BCUT2D eigenvalue weighted by Crippen LogP contribution is 2.17. The van der Waals surface area contributed by atoms with Gasteiger partial charge < -0.3 is 9.74 Å². The molecule has 2 rings (SSSR count). The molecule has 5 heteroatoms. The number of thioether (sulfide) groups is 1. The van der Waals surface area contributed by atoms with Crippen molar-refractivity contribution in [1.82, 2.24) is 4.90 Å². The SMILES string of the molecule is CON=C1SCCN(Cc2ccc(C)cc2)C1=O.